The molecule has 0 fully saturated rings. The van der Waals surface area contributed by atoms with E-state index in [-0.39, 0.29) is 0 Å². The molecule has 88 valence electrons. The molecular weight excluding hydrogens is 288 g/mol. The fourth-order valence-electron chi connectivity index (χ4n) is 1.87. The van der Waals surface area contributed by atoms with Gasteiger partial charge in [0.1, 0.15) is 5.52 Å². The van der Waals surface area contributed by atoms with E-state index < -0.39 is 0 Å². The molecule has 0 spiro atoms. The van der Waals surface area contributed by atoms with Gasteiger partial charge in [-0.05, 0) is 35.0 Å². The third-order valence-corrected chi connectivity index (χ3v) is 3.51. The molecular formula is C15H11BrN2. The summed E-state index contributed by atoms with van der Waals surface area (Å²) in [7, 11) is 0. The van der Waals surface area contributed by atoms with Gasteiger partial charge in [-0.1, -0.05) is 35.9 Å². The van der Waals surface area contributed by atoms with E-state index in [4.69, 9.17) is 0 Å². The highest BCUT2D eigenvalue weighted by Crippen LogP contribution is 2.23. The van der Waals surface area contributed by atoms with Crippen LogP contribution in [-0.2, 0) is 0 Å². The molecule has 0 N–H and O–H groups in total. The summed E-state index contributed by atoms with van der Waals surface area (Å²) in [4.78, 5) is 9.11. The van der Waals surface area contributed by atoms with Crippen molar-refractivity contribution in [3.8, 4) is 11.3 Å². The number of aromatic nitrogens is 2. The minimum Gasteiger partial charge on any atom is -0.251 e. The molecule has 3 rings (SSSR count). The Morgan fingerprint density at radius 2 is 1.78 bits per heavy atom. The number of nitrogens with zero attached hydrogens (tertiary/aromatic N) is 2. The second-order valence-corrected chi connectivity index (χ2v) is 5.08. The molecule has 18 heavy (non-hydrogen) atoms. The summed E-state index contributed by atoms with van der Waals surface area (Å²) in [6.07, 6.45) is 1.82. The fourth-order valence-corrected chi connectivity index (χ4v) is 2.33. The number of aryl methyl sites for hydroxylation is 1. The van der Waals surface area contributed by atoms with Crippen molar-refractivity contribution in [2.45, 2.75) is 6.92 Å². The largest absolute Gasteiger partial charge is 0.251 e. The highest BCUT2D eigenvalue weighted by molar-refractivity contribution is 9.10. The van der Waals surface area contributed by atoms with Gasteiger partial charge >= 0.3 is 0 Å². The lowest BCUT2D eigenvalue weighted by Crippen LogP contribution is -1.89. The molecule has 0 aliphatic heterocycles. The Bertz CT molecular complexity index is 705. The molecule has 0 radical (unpaired) electrons. The zero-order chi connectivity index (χ0) is 12.5. The molecule has 3 aromatic rings. The van der Waals surface area contributed by atoms with E-state index >= 15 is 0 Å². The first-order valence-corrected chi connectivity index (χ1v) is 6.52. The minimum atomic E-state index is 0.897. The Morgan fingerprint density at radius 3 is 2.56 bits per heavy atom. The van der Waals surface area contributed by atoms with Crippen LogP contribution in [0.3, 0.4) is 0 Å². The molecule has 0 saturated carbocycles. The third-order valence-electron chi connectivity index (χ3n) is 2.87. The summed E-state index contributed by atoms with van der Waals surface area (Å²) < 4.78 is 0.975. The third kappa shape index (κ3) is 2.02. The second kappa shape index (κ2) is 4.50. The number of hydrogen-bond acceptors (Lipinski definition) is 2. The Morgan fingerprint density at radius 1 is 1.00 bits per heavy atom. The molecule has 0 aliphatic carbocycles. The molecule has 2 aromatic carbocycles. The number of benzene rings is 2. The van der Waals surface area contributed by atoms with Crippen LogP contribution in [0.15, 0.2) is 53.1 Å². The van der Waals surface area contributed by atoms with Crippen molar-refractivity contribution >= 4 is 27.0 Å². The second-order valence-electron chi connectivity index (χ2n) is 4.23. The van der Waals surface area contributed by atoms with Crippen LogP contribution in [0.4, 0.5) is 0 Å². The molecule has 0 bridgehead atoms. The molecule has 3 heteroatoms. The van der Waals surface area contributed by atoms with Gasteiger partial charge in [-0.3, -0.25) is 4.98 Å². The highest BCUT2D eigenvalue weighted by atomic mass is 79.9. The first kappa shape index (κ1) is 11.4. The van der Waals surface area contributed by atoms with E-state index in [1.165, 1.54) is 5.56 Å². The highest BCUT2D eigenvalue weighted by Gasteiger charge is 2.04. The van der Waals surface area contributed by atoms with E-state index in [0.29, 0.717) is 0 Å². The van der Waals surface area contributed by atoms with Crippen LogP contribution >= 0.6 is 15.9 Å². The molecule has 0 unspecified atom stereocenters. The van der Waals surface area contributed by atoms with Crippen LogP contribution < -0.4 is 0 Å². The van der Waals surface area contributed by atoms with Gasteiger partial charge in [-0.2, -0.15) is 0 Å². The van der Waals surface area contributed by atoms with Crippen LogP contribution in [0, 0.1) is 6.92 Å². The van der Waals surface area contributed by atoms with Crippen LogP contribution in [0.25, 0.3) is 22.3 Å². The first-order valence-electron chi connectivity index (χ1n) is 5.72. The predicted molar refractivity (Wildman–Crippen MR) is 77.4 cm³/mol. The van der Waals surface area contributed by atoms with Crippen molar-refractivity contribution in [2.24, 2.45) is 0 Å². The SMILES string of the molecule is Cc1ccc(-c2cnc3c(Br)cccc3n2)cc1. The van der Waals surface area contributed by atoms with E-state index in [1.807, 2.05) is 24.4 Å². The maximum atomic E-state index is 4.64. The number of fused-ring (bicyclic) bond motifs is 1. The topological polar surface area (TPSA) is 25.8 Å². The average Bonchev–Trinajstić information content (AvgIpc) is 2.39. The van der Waals surface area contributed by atoms with Crippen molar-refractivity contribution in [3.05, 3.63) is 58.7 Å². The van der Waals surface area contributed by atoms with E-state index in [0.717, 1.165) is 26.8 Å². The predicted octanol–water partition coefficient (Wildman–Crippen LogP) is 4.37. The zero-order valence-electron chi connectivity index (χ0n) is 9.89. The Kier molecular flexibility index (Phi) is 2.84. The quantitative estimate of drug-likeness (QED) is 0.667. The maximum absolute atomic E-state index is 4.64. The lowest BCUT2D eigenvalue weighted by Gasteiger charge is -2.04. The van der Waals surface area contributed by atoms with Crippen LogP contribution in [0.5, 0.6) is 0 Å². The molecule has 2 nitrogen and oxygen atoms in total. The van der Waals surface area contributed by atoms with E-state index in [1.54, 1.807) is 0 Å². The van der Waals surface area contributed by atoms with Crippen LogP contribution in [0.2, 0.25) is 0 Å². The number of rotatable bonds is 1. The van der Waals surface area contributed by atoms with E-state index in [2.05, 4.69) is 57.1 Å². The smallest absolute Gasteiger partial charge is 0.103 e. The monoisotopic (exact) mass is 298 g/mol. The van der Waals surface area contributed by atoms with Gasteiger partial charge in [0.05, 0.1) is 17.4 Å². The zero-order valence-corrected chi connectivity index (χ0v) is 11.5. The lowest BCUT2D eigenvalue weighted by molar-refractivity contribution is 1.28. The molecule has 0 saturated heterocycles. The Hall–Kier alpha value is -1.74. The first-order chi connectivity index (χ1) is 8.74. The van der Waals surface area contributed by atoms with Crippen LogP contribution in [0.1, 0.15) is 5.56 Å². The number of halogens is 1. The molecule has 1 heterocycles. The van der Waals surface area contributed by atoms with E-state index in [9.17, 15) is 0 Å². The molecule has 1 aromatic heterocycles. The van der Waals surface area contributed by atoms with Crippen LogP contribution in [-0.4, -0.2) is 9.97 Å². The maximum Gasteiger partial charge on any atom is 0.103 e. The van der Waals surface area contributed by atoms with Gasteiger partial charge in [0.25, 0.3) is 0 Å². The van der Waals surface area contributed by atoms with Crippen molar-refractivity contribution in [3.63, 3.8) is 0 Å². The molecule has 0 atom stereocenters. The summed E-state index contributed by atoms with van der Waals surface area (Å²) in [6, 6.07) is 14.2. The van der Waals surface area contributed by atoms with Crippen molar-refractivity contribution in [2.75, 3.05) is 0 Å². The Balaban J connectivity index is 2.16. The standard InChI is InChI=1S/C15H11BrN2/c1-10-5-7-11(8-6-10)14-9-17-15-12(16)3-2-4-13(15)18-14/h2-9H,1H3. The lowest BCUT2D eigenvalue weighted by atomic mass is 10.1. The van der Waals surface area contributed by atoms with Gasteiger partial charge in [-0.15, -0.1) is 0 Å². The van der Waals surface area contributed by atoms with Crippen molar-refractivity contribution in [1.82, 2.24) is 9.97 Å². The Labute approximate surface area is 114 Å². The summed E-state index contributed by atoms with van der Waals surface area (Å²) in [5.74, 6) is 0. The van der Waals surface area contributed by atoms with Crippen molar-refractivity contribution in [1.29, 1.82) is 0 Å². The molecule has 0 aliphatic rings. The van der Waals surface area contributed by atoms with Gasteiger partial charge in [0.15, 0.2) is 0 Å². The minimum absolute atomic E-state index is 0.897. The normalized spacial score (nSPS) is 10.8. The van der Waals surface area contributed by atoms with Gasteiger partial charge in [-0.25, -0.2) is 4.98 Å². The average molecular weight is 299 g/mol. The summed E-state index contributed by atoms with van der Waals surface area (Å²) in [5, 5.41) is 0. The van der Waals surface area contributed by atoms with Gasteiger partial charge < -0.3 is 0 Å². The number of hydrogen-bond donors (Lipinski definition) is 0. The fraction of sp³-hybridized carbons (Fsp3) is 0.0667. The number of para-hydroxylation sites is 1. The summed E-state index contributed by atoms with van der Waals surface area (Å²) in [5.41, 5.74) is 5.04. The van der Waals surface area contributed by atoms with Crippen molar-refractivity contribution < 1.29 is 0 Å². The molecule has 0 amide bonds. The van der Waals surface area contributed by atoms with Gasteiger partial charge in [0, 0.05) is 10.0 Å². The summed E-state index contributed by atoms with van der Waals surface area (Å²) >= 11 is 3.48. The summed E-state index contributed by atoms with van der Waals surface area (Å²) in [6.45, 7) is 2.08. The van der Waals surface area contributed by atoms with Gasteiger partial charge in [0.2, 0.25) is 0 Å².